The van der Waals surface area contributed by atoms with Crippen molar-refractivity contribution in [1.29, 1.82) is 0 Å². The fourth-order valence-corrected chi connectivity index (χ4v) is 4.27. The Morgan fingerprint density at radius 1 is 1.17 bits per heavy atom. The zero-order chi connectivity index (χ0) is 13.3. The van der Waals surface area contributed by atoms with Crippen LogP contribution >= 0.6 is 0 Å². The van der Waals surface area contributed by atoms with Gasteiger partial charge in [-0.05, 0) is 50.0 Å². The predicted octanol–water partition coefficient (Wildman–Crippen LogP) is 3.26. The molecule has 1 saturated heterocycles. The summed E-state index contributed by atoms with van der Waals surface area (Å²) >= 11 is 0. The number of hydrogen-bond donors (Lipinski definition) is 1. The maximum absolute atomic E-state index is 13.0. The van der Waals surface area contributed by atoms with E-state index < -0.39 is 0 Å². The highest BCUT2D eigenvalue weighted by Gasteiger charge is 2.47. The number of Topliss-reactive ketones (excluding diaryl/α,β-unsaturated/α-hetero) is 1. The highest BCUT2D eigenvalue weighted by molar-refractivity contribution is 5.88. The molecule has 2 rings (SSSR count). The molecule has 2 nitrogen and oxygen atoms in total. The molecule has 0 amide bonds. The van der Waals surface area contributed by atoms with Gasteiger partial charge in [0, 0.05) is 17.9 Å². The average Bonchev–Trinajstić information content (AvgIpc) is 2.76. The highest BCUT2D eigenvalue weighted by Crippen LogP contribution is 2.43. The fraction of sp³-hybridized carbons (Fsp3) is 0.938. The van der Waals surface area contributed by atoms with Gasteiger partial charge in [-0.3, -0.25) is 4.79 Å². The first-order valence-corrected chi connectivity index (χ1v) is 7.70. The third-order valence-electron chi connectivity index (χ3n) is 5.33. The molecule has 1 N–H and O–H groups in total. The summed E-state index contributed by atoms with van der Waals surface area (Å²) < 4.78 is 0. The minimum Gasteiger partial charge on any atom is -0.316 e. The largest absolute Gasteiger partial charge is 0.316 e. The lowest BCUT2D eigenvalue weighted by Crippen LogP contribution is -2.44. The van der Waals surface area contributed by atoms with Crippen LogP contribution in [0.4, 0.5) is 0 Å². The van der Waals surface area contributed by atoms with Crippen molar-refractivity contribution in [3.63, 3.8) is 0 Å². The first kappa shape index (κ1) is 14.0. The molecule has 0 bridgehead atoms. The molecule has 1 aliphatic heterocycles. The molecule has 18 heavy (non-hydrogen) atoms. The van der Waals surface area contributed by atoms with Gasteiger partial charge < -0.3 is 5.32 Å². The summed E-state index contributed by atoms with van der Waals surface area (Å²) in [4.78, 5) is 13.0. The molecule has 1 saturated carbocycles. The van der Waals surface area contributed by atoms with E-state index in [0.717, 1.165) is 44.2 Å². The fourth-order valence-electron chi connectivity index (χ4n) is 4.27. The van der Waals surface area contributed by atoms with Gasteiger partial charge in [0.25, 0.3) is 0 Å². The first-order chi connectivity index (χ1) is 8.45. The number of nitrogens with one attached hydrogen (secondary N) is 1. The van der Waals surface area contributed by atoms with Crippen LogP contribution in [0.15, 0.2) is 0 Å². The Labute approximate surface area is 112 Å². The van der Waals surface area contributed by atoms with Crippen LogP contribution in [0.5, 0.6) is 0 Å². The summed E-state index contributed by atoms with van der Waals surface area (Å²) in [5.74, 6) is 2.81. The topological polar surface area (TPSA) is 29.1 Å². The zero-order valence-electron chi connectivity index (χ0n) is 12.5. The number of ketones is 1. The van der Waals surface area contributed by atoms with Crippen LogP contribution in [-0.2, 0) is 4.79 Å². The predicted molar refractivity (Wildman–Crippen MR) is 75.4 cm³/mol. The van der Waals surface area contributed by atoms with Crippen molar-refractivity contribution in [2.45, 2.75) is 53.4 Å². The summed E-state index contributed by atoms with van der Waals surface area (Å²) in [6, 6.07) is 0. The molecule has 1 aliphatic carbocycles. The molecule has 3 atom stereocenters. The van der Waals surface area contributed by atoms with Crippen LogP contribution < -0.4 is 5.32 Å². The molecule has 0 aromatic rings. The van der Waals surface area contributed by atoms with Crippen molar-refractivity contribution < 1.29 is 4.79 Å². The molecule has 1 heterocycles. The Balaban J connectivity index is 2.13. The Morgan fingerprint density at radius 2 is 1.78 bits per heavy atom. The van der Waals surface area contributed by atoms with Crippen molar-refractivity contribution in [1.82, 2.24) is 5.32 Å². The molecule has 2 fully saturated rings. The molecule has 2 heteroatoms. The number of carbonyl (C=O) groups is 1. The van der Waals surface area contributed by atoms with E-state index in [-0.39, 0.29) is 5.41 Å². The molecule has 104 valence electrons. The molecular formula is C16H29NO. The Kier molecular flexibility index (Phi) is 4.15. The van der Waals surface area contributed by atoms with Crippen LogP contribution in [0.2, 0.25) is 0 Å². The minimum atomic E-state index is -0.0680. The normalized spacial score (nSPS) is 41.3. The first-order valence-electron chi connectivity index (χ1n) is 7.70. The van der Waals surface area contributed by atoms with Crippen molar-refractivity contribution in [2.24, 2.45) is 29.1 Å². The monoisotopic (exact) mass is 251 g/mol. The molecule has 3 unspecified atom stereocenters. The average molecular weight is 251 g/mol. The molecule has 0 aromatic heterocycles. The van der Waals surface area contributed by atoms with Gasteiger partial charge in [0.15, 0.2) is 0 Å². The summed E-state index contributed by atoms with van der Waals surface area (Å²) in [5.41, 5.74) is -0.0680. The van der Waals surface area contributed by atoms with Crippen molar-refractivity contribution in [3.8, 4) is 0 Å². The lowest BCUT2D eigenvalue weighted by atomic mass is 9.64. The second-order valence-electron chi connectivity index (χ2n) is 7.22. The molecule has 0 radical (unpaired) electrons. The van der Waals surface area contributed by atoms with E-state index in [0.29, 0.717) is 17.6 Å². The van der Waals surface area contributed by atoms with Gasteiger partial charge in [-0.15, -0.1) is 0 Å². The summed E-state index contributed by atoms with van der Waals surface area (Å²) in [6.07, 6.45) is 4.59. The quantitative estimate of drug-likeness (QED) is 0.834. The van der Waals surface area contributed by atoms with Crippen molar-refractivity contribution >= 4 is 5.78 Å². The Bertz CT molecular complexity index is 294. The smallest absolute Gasteiger partial charge is 0.143 e. The van der Waals surface area contributed by atoms with Crippen molar-refractivity contribution in [2.75, 3.05) is 13.1 Å². The second-order valence-corrected chi connectivity index (χ2v) is 7.22. The number of carbonyl (C=O) groups excluding carboxylic acids is 1. The third-order valence-corrected chi connectivity index (χ3v) is 5.33. The lowest BCUT2D eigenvalue weighted by Gasteiger charge is -2.38. The zero-order valence-corrected chi connectivity index (χ0v) is 12.5. The van der Waals surface area contributed by atoms with Gasteiger partial charge in [-0.1, -0.05) is 27.7 Å². The second kappa shape index (κ2) is 5.32. The third kappa shape index (κ3) is 2.49. The van der Waals surface area contributed by atoms with Crippen LogP contribution in [0.25, 0.3) is 0 Å². The highest BCUT2D eigenvalue weighted by atomic mass is 16.1. The van der Waals surface area contributed by atoms with Crippen molar-refractivity contribution in [3.05, 3.63) is 0 Å². The summed E-state index contributed by atoms with van der Waals surface area (Å²) in [7, 11) is 0. The van der Waals surface area contributed by atoms with E-state index >= 15 is 0 Å². The van der Waals surface area contributed by atoms with Crippen LogP contribution in [0.1, 0.15) is 53.4 Å². The Morgan fingerprint density at radius 3 is 2.22 bits per heavy atom. The standard InChI is InChI=1S/C16H29NO/c1-11(2)16(5-6-17-10-16)15(18)14-8-12(3)7-13(4)9-14/h11-14,17H,5-10H2,1-4H3. The van der Waals surface area contributed by atoms with Crippen LogP contribution in [0, 0.1) is 29.1 Å². The molecule has 2 aliphatic rings. The van der Waals surface area contributed by atoms with Gasteiger partial charge in [0.1, 0.15) is 5.78 Å². The van der Waals surface area contributed by atoms with Gasteiger partial charge in [0.2, 0.25) is 0 Å². The SMILES string of the molecule is CC1CC(C)CC(C(=O)C2(C(C)C)CCNC2)C1. The van der Waals surface area contributed by atoms with E-state index in [9.17, 15) is 4.79 Å². The Hall–Kier alpha value is -0.370. The maximum Gasteiger partial charge on any atom is 0.143 e. The van der Waals surface area contributed by atoms with Crippen LogP contribution in [0.3, 0.4) is 0 Å². The number of rotatable bonds is 3. The maximum atomic E-state index is 13.0. The van der Waals surface area contributed by atoms with Gasteiger partial charge in [0.05, 0.1) is 0 Å². The van der Waals surface area contributed by atoms with Crippen LogP contribution in [-0.4, -0.2) is 18.9 Å². The van der Waals surface area contributed by atoms with E-state index in [4.69, 9.17) is 0 Å². The lowest BCUT2D eigenvalue weighted by molar-refractivity contribution is -0.136. The van der Waals surface area contributed by atoms with E-state index in [2.05, 4.69) is 33.0 Å². The molecular weight excluding hydrogens is 222 g/mol. The molecule has 0 aromatic carbocycles. The molecule has 0 spiro atoms. The summed E-state index contributed by atoms with van der Waals surface area (Å²) in [5, 5.41) is 3.42. The minimum absolute atomic E-state index is 0.0680. The summed E-state index contributed by atoms with van der Waals surface area (Å²) in [6.45, 7) is 11.0. The van der Waals surface area contributed by atoms with E-state index in [1.54, 1.807) is 0 Å². The van der Waals surface area contributed by atoms with Gasteiger partial charge in [-0.25, -0.2) is 0 Å². The van der Waals surface area contributed by atoms with Gasteiger partial charge in [-0.2, -0.15) is 0 Å². The van der Waals surface area contributed by atoms with E-state index in [1.165, 1.54) is 6.42 Å². The number of hydrogen-bond acceptors (Lipinski definition) is 2. The van der Waals surface area contributed by atoms with Gasteiger partial charge >= 0.3 is 0 Å². The van der Waals surface area contributed by atoms with E-state index in [1.807, 2.05) is 0 Å².